The van der Waals surface area contributed by atoms with Gasteiger partial charge < -0.3 is 15.5 Å². The lowest BCUT2D eigenvalue weighted by Crippen LogP contribution is -2.34. The molecule has 5 nitrogen and oxygen atoms in total. The fourth-order valence-electron chi connectivity index (χ4n) is 4.20. The third kappa shape index (κ3) is 6.09. The lowest BCUT2D eigenvalue weighted by molar-refractivity contribution is -0.121. The summed E-state index contributed by atoms with van der Waals surface area (Å²) in [5.74, 6) is 1.78. The SMILES string of the molecule is CCCCCC(=O)NCC1CCC(Nc2cc(N(C)C)c3ccccc3n2)CC1. The molecule has 0 spiro atoms. The predicted molar refractivity (Wildman–Crippen MR) is 123 cm³/mol. The quantitative estimate of drug-likeness (QED) is 0.588. The van der Waals surface area contributed by atoms with E-state index in [2.05, 4.69) is 60.8 Å². The van der Waals surface area contributed by atoms with Crippen LogP contribution in [0.5, 0.6) is 0 Å². The Labute approximate surface area is 175 Å². The second-order valence-electron chi connectivity index (χ2n) is 8.56. The number of carbonyl (C=O) groups excluding carboxylic acids is 1. The Hall–Kier alpha value is -2.30. The molecule has 1 saturated carbocycles. The van der Waals surface area contributed by atoms with Gasteiger partial charge in [0.1, 0.15) is 5.82 Å². The van der Waals surface area contributed by atoms with Crippen LogP contribution >= 0.6 is 0 Å². The van der Waals surface area contributed by atoms with Gasteiger partial charge in [-0.1, -0.05) is 38.0 Å². The number of benzene rings is 1. The van der Waals surface area contributed by atoms with Crippen molar-refractivity contribution in [3.63, 3.8) is 0 Å². The smallest absolute Gasteiger partial charge is 0.220 e. The number of hydrogen-bond acceptors (Lipinski definition) is 4. The Balaban J connectivity index is 1.50. The fourth-order valence-corrected chi connectivity index (χ4v) is 4.20. The zero-order valence-electron chi connectivity index (χ0n) is 18.2. The maximum absolute atomic E-state index is 11.9. The van der Waals surface area contributed by atoms with Gasteiger partial charge >= 0.3 is 0 Å². The number of fused-ring (bicyclic) bond motifs is 1. The molecule has 0 bridgehead atoms. The van der Waals surface area contributed by atoms with Crippen LogP contribution in [0.25, 0.3) is 10.9 Å². The Kier molecular flexibility index (Phi) is 7.73. The van der Waals surface area contributed by atoms with Crippen LogP contribution in [0, 0.1) is 5.92 Å². The van der Waals surface area contributed by atoms with Crippen molar-refractivity contribution in [1.29, 1.82) is 0 Å². The number of rotatable bonds is 9. The summed E-state index contributed by atoms with van der Waals surface area (Å²) in [6.07, 6.45) is 8.54. The molecule has 158 valence electrons. The van der Waals surface area contributed by atoms with Gasteiger partial charge in [-0.15, -0.1) is 0 Å². The van der Waals surface area contributed by atoms with E-state index in [0.29, 0.717) is 18.4 Å². The van der Waals surface area contributed by atoms with Crippen LogP contribution in [0.3, 0.4) is 0 Å². The summed E-state index contributed by atoms with van der Waals surface area (Å²) < 4.78 is 0. The summed E-state index contributed by atoms with van der Waals surface area (Å²) in [5.41, 5.74) is 2.22. The van der Waals surface area contributed by atoms with E-state index in [1.807, 2.05) is 6.07 Å². The molecule has 1 heterocycles. The molecule has 2 N–H and O–H groups in total. The van der Waals surface area contributed by atoms with E-state index in [4.69, 9.17) is 4.98 Å². The van der Waals surface area contributed by atoms with Crippen molar-refractivity contribution in [3.05, 3.63) is 30.3 Å². The maximum atomic E-state index is 11.9. The predicted octanol–water partition coefficient (Wildman–Crippen LogP) is 4.97. The molecule has 29 heavy (non-hydrogen) atoms. The highest BCUT2D eigenvalue weighted by Gasteiger charge is 2.22. The number of hydrogen-bond donors (Lipinski definition) is 2. The molecular formula is C24H36N4O. The lowest BCUT2D eigenvalue weighted by Gasteiger charge is -2.30. The van der Waals surface area contributed by atoms with Gasteiger partial charge in [0, 0.05) is 50.2 Å². The third-order valence-electron chi connectivity index (χ3n) is 5.97. The molecule has 0 unspecified atom stereocenters. The monoisotopic (exact) mass is 396 g/mol. The Morgan fingerprint density at radius 2 is 1.90 bits per heavy atom. The molecule has 0 saturated heterocycles. The van der Waals surface area contributed by atoms with Gasteiger partial charge in [-0.3, -0.25) is 4.79 Å². The average molecular weight is 397 g/mol. The van der Waals surface area contributed by atoms with Crippen molar-refractivity contribution >= 4 is 28.3 Å². The second kappa shape index (κ2) is 10.5. The molecule has 0 radical (unpaired) electrons. The van der Waals surface area contributed by atoms with Crippen molar-refractivity contribution < 1.29 is 4.79 Å². The van der Waals surface area contributed by atoms with Gasteiger partial charge in [0.05, 0.1) is 5.52 Å². The van der Waals surface area contributed by atoms with Gasteiger partial charge in [-0.25, -0.2) is 4.98 Å². The van der Waals surface area contributed by atoms with Crippen LogP contribution in [0.1, 0.15) is 58.3 Å². The van der Waals surface area contributed by atoms with E-state index in [9.17, 15) is 4.79 Å². The first-order valence-electron chi connectivity index (χ1n) is 11.2. The second-order valence-corrected chi connectivity index (χ2v) is 8.56. The van der Waals surface area contributed by atoms with Gasteiger partial charge in [0.15, 0.2) is 0 Å². The topological polar surface area (TPSA) is 57.3 Å². The third-order valence-corrected chi connectivity index (χ3v) is 5.97. The highest BCUT2D eigenvalue weighted by Crippen LogP contribution is 2.30. The molecule has 2 aromatic rings. The molecule has 0 aliphatic heterocycles. The van der Waals surface area contributed by atoms with Crippen LogP contribution < -0.4 is 15.5 Å². The summed E-state index contributed by atoms with van der Waals surface area (Å²) in [4.78, 5) is 18.9. The highest BCUT2D eigenvalue weighted by molar-refractivity contribution is 5.93. The molecule has 1 aliphatic carbocycles. The minimum atomic E-state index is 0.218. The zero-order chi connectivity index (χ0) is 20.6. The first kappa shape index (κ1) is 21.4. The number of aromatic nitrogens is 1. The van der Waals surface area contributed by atoms with Crippen molar-refractivity contribution in [2.45, 2.75) is 64.3 Å². The number of carbonyl (C=O) groups is 1. The molecule has 3 rings (SSSR count). The van der Waals surface area contributed by atoms with Gasteiger partial charge in [0.25, 0.3) is 0 Å². The van der Waals surface area contributed by atoms with Gasteiger partial charge in [-0.2, -0.15) is 0 Å². The molecule has 1 aromatic heterocycles. The van der Waals surface area contributed by atoms with Crippen LogP contribution in [0.4, 0.5) is 11.5 Å². The number of amides is 1. The number of nitrogens with one attached hydrogen (secondary N) is 2. The first-order chi connectivity index (χ1) is 14.1. The molecule has 1 aliphatic rings. The van der Waals surface area contributed by atoms with Crippen LogP contribution in [-0.2, 0) is 4.79 Å². The van der Waals surface area contributed by atoms with E-state index in [1.165, 1.54) is 11.1 Å². The first-order valence-corrected chi connectivity index (χ1v) is 11.2. The van der Waals surface area contributed by atoms with Crippen molar-refractivity contribution in [3.8, 4) is 0 Å². The zero-order valence-corrected chi connectivity index (χ0v) is 18.2. The van der Waals surface area contributed by atoms with Crippen molar-refractivity contribution in [1.82, 2.24) is 10.3 Å². The number of nitrogens with zero attached hydrogens (tertiary/aromatic N) is 2. The van der Waals surface area contributed by atoms with E-state index in [0.717, 1.165) is 62.8 Å². The Morgan fingerprint density at radius 1 is 1.14 bits per heavy atom. The van der Waals surface area contributed by atoms with E-state index in [-0.39, 0.29) is 5.91 Å². The van der Waals surface area contributed by atoms with Crippen molar-refractivity contribution in [2.24, 2.45) is 5.92 Å². The standard InChI is InChI=1S/C24H36N4O/c1-4-5-6-11-24(29)25-17-18-12-14-19(15-13-18)26-23-16-22(28(2)3)20-9-7-8-10-21(20)27-23/h7-10,16,18-19H,4-6,11-15,17H2,1-3H3,(H,25,29)(H,26,27). The molecule has 1 aromatic carbocycles. The maximum Gasteiger partial charge on any atom is 0.220 e. The van der Waals surface area contributed by atoms with E-state index < -0.39 is 0 Å². The van der Waals surface area contributed by atoms with Gasteiger partial charge in [-0.05, 0) is 44.1 Å². The number of unbranched alkanes of at least 4 members (excludes halogenated alkanes) is 2. The lowest BCUT2D eigenvalue weighted by atomic mass is 9.86. The van der Waals surface area contributed by atoms with E-state index >= 15 is 0 Å². The minimum Gasteiger partial charge on any atom is -0.377 e. The van der Waals surface area contributed by atoms with Crippen molar-refractivity contribution in [2.75, 3.05) is 30.9 Å². The number of para-hydroxylation sites is 1. The molecule has 5 heteroatoms. The van der Waals surface area contributed by atoms with Crippen LogP contribution in [0.2, 0.25) is 0 Å². The number of anilines is 2. The molecule has 0 atom stereocenters. The summed E-state index contributed by atoms with van der Waals surface area (Å²) >= 11 is 0. The summed E-state index contributed by atoms with van der Waals surface area (Å²) in [5, 5.41) is 7.98. The summed E-state index contributed by atoms with van der Waals surface area (Å²) in [6.45, 7) is 3.00. The normalized spacial score (nSPS) is 19.1. The van der Waals surface area contributed by atoms with E-state index in [1.54, 1.807) is 0 Å². The van der Waals surface area contributed by atoms with Crippen LogP contribution in [-0.4, -0.2) is 37.6 Å². The molecular weight excluding hydrogens is 360 g/mol. The highest BCUT2D eigenvalue weighted by atomic mass is 16.1. The van der Waals surface area contributed by atoms with Crippen LogP contribution in [0.15, 0.2) is 30.3 Å². The van der Waals surface area contributed by atoms with Gasteiger partial charge in [0.2, 0.25) is 5.91 Å². The minimum absolute atomic E-state index is 0.218. The Bertz CT molecular complexity index is 797. The fraction of sp³-hybridized carbons (Fsp3) is 0.583. The molecule has 1 amide bonds. The average Bonchev–Trinajstić information content (AvgIpc) is 2.73. The molecule has 1 fully saturated rings. The number of pyridine rings is 1. The summed E-state index contributed by atoms with van der Waals surface area (Å²) in [6, 6.07) is 10.9. The largest absolute Gasteiger partial charge is 0.377 e. The summed E-state index contributed by atoms with van der Waals surface area (Å²) in [7, 11) is 4.15. The Morgan fingerprint density at radius 3 is 2.62 bits per heavy atom.